The SMILES string of the molecule is Cc1ccc(/C=C/CN(C)C=O)c(F)c1. The summed E-state index contributed by atoms with van der Waals surface area (Å²) < 4.78 is 13.3. The molecule has 0 bridgehead atoms. The maximum Gasteiger partial charge on any atom is 0.209 e. The summed E-state index contributed by atoms with van der Waals surface area (Å²) in [5.41, 5.74) is 1.44. The van der Waals surface area contributed by atoms with Gasteiger partial charge < -0.3 is 4.90 Å². The summed E-state index contributed by atoms with van der Waals surface area (Å²) in [5.74, 6) is -0.236. The number of carbonyl (C=O) groups is 1. The first-order valence-electron chi connectivity index (χ1n) is 4.71. The van der Waals surface area contributed by atoms with Crippen molar-refractivity contribution in [1.82, 2.24) is 4.90 Å². The Morgan fingerprint density at radius 1 is 1.47 bits per heavy atom. The maximum absolute atomic E-state index is 13.3. The quantitative estimate of drug-likeness (QED) is 0.693. The van der Waals surface area contributed by atoms with Crippen LogP contribution in [0.3, 0.4) is 0 Å². The van der Waals surface area contributed by atoms with Gasteiger partial charge in [-0.2, -0.15) is 0 Å². The largest absolute Gasteiger partial charge is 0.345 e. The van der Waals surface area contributed by atoms with E-state index < -0.39 is 0 Å². The molecule has 0 atom stereocenters. The van der Waals surface area contributed by atoms with Crippen molar-refractivity contribution in [2.24, 2.45) is 0 Å². The van der Waals surface area contributed by atoms with E-state index in [1.165, 1.54) is 11.0 Å². The van der Waals surface area contributed by atoms with Crippen molar-refractivity contribution in [2.45, 2.75) is 6.92 Å². The molecule has 3 heteroatoms. The van der Waals surface area contributed by atoms with Crippen molar-refractivity contribution in [3.05, 3.63) is 41.2 Å². The first-order valence-corrected chi connectivity index (χ1v) is 4.71. The molecular weight excluding hydrogens is 193 g/mol. The molecule has 0 aliphatic rings. The van der Waals surface area contributed by atoms with Gasteiger partial charge in [0.25, 0.3) is 0 Å². The predicted octanol–water partition coefficient (Wildman–Crippen LogP) is 2.24. The van der Waals surface area contributed by atoms with E-state index in [1.807, 2.05) is 13.0 Å². The number of carbonyl (C=O) groups excluding carboxylic acids is 1. The van der Waals surface area contributed by atoms with Crippen LogP contribution in [0.1, 0.15) is 11.1 Å². The summed E-state index contributed by atoms with van der Waals surface area (Å²) in [6.45, 7) is 2.33. The van der Waals surface area contributed by atoms with E-state index in [0.29, 0.717) is 12.1 Å². The van der Waals surface area contributed by atoms with E-state index in [-0.39, 0.29) is 5.82 Å². The third-order valence-electron chi connectivity index (χ3n) is 2.03. The zero-order valence-corrected chi connectivity index (χ0v) is 8.90. The standard InChI is InChI=1S/C12H14FNO/c1-10-5-6-11(12(13)8-10)4-3-7-14(2)9-15/h3-6,8-9H,7H2,1-2H3/b4-3+. The Balaban J connectivity index is 2.68. The van der Waals surface area contributed by atoms with Gasteiger partial charge in [-0.25, -0.2) is 4.39 Å². The zero-order valence-electron chi connectivity index (χ0n) is 8.90. The molecule has 15 heavy (non-hydrogen) atoms. The van der Waals surface area contributed by atoms with Gasteiger partial charge in [0.05, 0.1) is 0 Å². The predicted molar refractivity (Wildman–Crippen MR) is 58.9 cm³/mol. The van der Waals surface area contributed by atoms with Crippen molar-refractivity contribution in [1.29, 1.82) is 0 Å². The minimum atomic E-state index is -0.236. The molecule has 2 nitrogen and oxygen atoms in total. The van der Waals surface area contributed by atoms with E-state index in [4.69, 9.17) is 0 Å². The number of amides is 1. The van der Waals surface area contributed by atoms with Crippen LogP contribution in [0.2, 0.25) is 0 Å². The van der Waals surface area contributed by atoms with Gasteiger partial charge in [-0.3, -0.25) is 4.79 Å². The molecule has 0 heterocycles. The van der Waals surface area contributed by atoms with Crippen molar-refractivity contribution in [2.75, 3.05) is 13.6 Å². The van der Waals surface area contributed by atoms with Crippen LogP contribution in [-0.2, 0) is 4.79 Å². The third kappa shape index (κ3) is 3.54. The molecule has 0 spiro atoms. The minimum Gasteiger partial charge on any atom is -0.345 e. The monoisotopic (exact) mass is 207 g/mol. The van der Waals surface area contributed by atoms with Crippen molar-refractivity contribution >= 4 is 12.5 Å². The van der Waals surface area contributed by atoms with Crippen LogP contribution < -0.4 is 0 Å². The van der Waals surface area contributed by atoms with Gasteiger partial charge in [-0.15, -0.1) is 0 Å². The Morgan fingerprint density at radius 3 is 2.80 bits per heavy atom. The van der Waals surface area contributed by atoms with Crippen LogP contribution >= 0.6 is 0 Å². The summed E-state index contributed by atoms with van der Waals surface area (Å²) in [5, 5.41) is 0. The van der Waals surface area contributed by atoms with Gasteiger partial charge in [0.15, 0.2) is 0 Å². The highest BCUT2D eigenvalue weighted by Crippen LogP contribution is 2.11. The van der Waals surface area contributed by atoms with E-state index in [2.05, 4.69) is 0 Å². The van der Waals surface area contributed by atoms with Gasteiger partial charge in [0.1, 0.15) is 5.82 Å². The molecule has 0 unspecified atom stereocenters. The molecular formula is C12H14FNO. The van der Waals surface area contributed by atoms with Crippen molar-refractivity contribution in [3.8, 4) is 0 Å². The summed E-state index contributed by atoms with van der Waals surface area (Å²) in [6.07, 6.45) is 4.16. The van der Waals surface area contributed by atoms with E-state index in [1.54, 1.807) is 25.3 Å². The minimum absolute atomic E-state index is 0.236. The maximum atomic E-state index is 13.3. The first kappa shape index (κ1) is 11.4. The summed E-state index contributed by atoms with van der Waals surface area (Å²) in [4.78, 5) is 11.8. The molecule has 0 aromatic heterocycles. The topological polar surface area (TPSA) is 20.3 Å². The number of nitrogens with zero attached hydrogens (tertiary/aromatic N) is 1. The van der Waals surface area contributed by atoms with E-state index >= 15 is 0 Å². The van der Waals surface area contributed by atoms with Gasteiger partial charge in [-0.1, -0.05) is 24.3 Å². The zero-order chi connectivity index (χ0) is 11.3. The molecule has 1 amide bonds. The highest BCUT2D eigenvalue weighted by Gasteiger charge is 1.97. The Kier molecular flexibility index (Phi) is 4.03. The van der Waals surface area contributed by atoms with Crippen LogP contribution in [0.4, 0.5) is 4.39 Å². The Bertz CT molecular complexity index is 374. The molecule has 1 aromatic rings. The van der Waals surface area contributed by atoms with Crippen molar-refractivity contribution in [3.63, 3.8) is 0 Å². The molecule has 0 saturated carbocycles. The number of halogens is 1. The Hall–Kier alpha value is -1.64. The fourth-order valence-corrected chi connectivity index (χ4v) is 1.16. The van der Waals surface area contributed by atoms with Crippen molar-refractivity contribution < 1.29 is 9.18 Å². The van der Waals surface area contributed by atoms with Crippen LogP contribution in [0, 0.1) is 12.7 Å². The molecule has 1 aromatic carbocycles. The number of rotatable bonds is 4. The lowest BCUT2D eigenvalue weighted by Crippen LogP contribution is -2.14. The van der Waals surface area contributed by atoms with Crippen LogP contribution in [0.5, 0.6) is 0 Å². The molecule has 0 aliphatic carbocycles. The lowest BCUT2D eigenvalue weighted by molar-refractivity contribution is -0.116. The fraction of sp³-hybridized carbons (Fsp3) is 0.250. The Labute approximate surface area is 89.0 Å². The van der Waals surface area contributed by atoms with Gasteiger partial charge >= 0.3 is 0 Å². The Morgan fingerprint density at radius 2 is 2.20 bits per heavy atom. The number of hydrogen-bond acceptors (Lipinski definition) is 1. The summed E-state index contributed by atoms with van der Waals surface area (Å²) in [7, 11) is 1.67. The van der Waals surface area contributed by atoms with Crippen LogP contribution in [0.15, 0.2) is 24.3 Å². The van der Waals surface area contributed by atoms with Crippen LogP contribution in [0.25, 0.3) is 6.08 Å². The highest BCUT2D eigenvalue weighted by atomic mass is 19.1. The van der Waals surface area contributed by atoms with Gasteiger partial charge in [0, 0.05) is 19.2 Å². The third-order valence-corrected chi connectivity index (χ3v) is 2.03. The molecule has 0 N–H and O–H groups in total. The molecule has 0 radical (unpaired) electrons. The average Bonchev–Trinajstić information content (AvgIpc) is 2.21. The number of benzene rings is 1. The van der Waals surface area contributed by atoms with Gasteiger partial charge in [-0.05, 0) is 18.6 Å². The first-order chi connectivity index (χ1) is 7.13. The highest BCUT2D eigenvalue weighted by molar-refractivity contribution is 5.52. The van der Waals surface area contributed by atoms with Crippen LogP contribution in [-0.4, -0.2) is 24.9 Å². The van der Waals surface area contributed by atoms with Gasteiger partial charge in [0.2, 0.25) is 6.41 Å². The average molecular weight is 207 g/mol. The van der Waals surface area contributed by atoms with E-state index in [9.17, 15) is 9.18 Å². The summed E-state index contributed by atoms with van der Waals surface area (Å²) in [6, 6.07) is 5.07. The number of likely N-dealkylation sites (N-methyl/N-ethyl adjacent to an activating group) is 1. The molecule has 0 saturated heterocycles. The molecule has 80 valence electrons. The van der Waals surface area contributed by atoms with E-state index in [0.717, 1.165) is 12.0 Å². The molecule has 1 rings (SSSR count). The second-order valence-corrected chi connectivity index (χ2v) is 3.47. The number of aryl methyl sites for hydroxylation is 1. The molecule has 0 aliphatic heterocycles. The second-order valence-electron chi connectivity index (χ2n) is 3.47. The second kappa shape index (κ2) is 5.29. The molecule has 0 fully saturated rings. The lowest BCUT2D eigenvalue weighted by atomic mass is 10.1. The lowest BCUT2D eigenvalue weighted by Gasteiger charge is -2.05. The fourth-order valence-electron chi connectivity index (χ4n) is 1.16. The normalized spacial score (nSPS) is 10.6. The smallest absolute Gasteiger partial charge is 0.209 e. The number of hydrogen-bond donors (Lipinski definition) is 0. The summed E-state index contributed by atoms with van der Waals surface area (Å²) >= 11 is 0.